The molecule has 0 spiro atoms. The molecule has 0 aromatic rings. The number of nitrogens with one attached hydrogen (secondary N) is 2. The van der Waals surface area contributed by atoms with E-state index >= 15 is 0 Å². The molecule has 0 aliphatic heterocycles. The maximum absolute atomic E-state index is 5.03. The van der Waals surface area contributed by atoms with Gasteiger partial charge in [0, 0.05) is 6.54 Å². The van der Waals surface area contributed by atoms with Crippen LogP contribution in [0.5, 0.6) is 0 Å². The third kappa shape index (κ3) is 10.3. The second-order valence-electron chi connectivity index (χ2n) is 1.75. The molecule has 0 aliphatic rings. The normalized spacial score (nSPS) is 8.18. The van der Waals surface area contributed by atoms with Crippen LogP contribution in [-0.4, -0.2) is 23.7 Å². The van der Waals surface area contributed by atoms with Gasteiger partial charge in [0.25, 0.3) is 0 Å². The van der Waals surface area contributed by atoms with E-state index in [9.17, 15) is 0 Å². The first kappa shape index (κ1) is 13.9. The smallest absolute Gasteiger partial charge is 0.180 e. The van der Waals surface area contributed by atoms with Gasteiger partial charge in [0.05, 0.1) is 0 Å². The molecule has 0 radical (unpaired) electrons. The molecular weight excluding hydrogens is 202 g/mol. The van der Waals surface area contributed by atoms with Gasteiger partial charge in [-0.3, -0.25) is 0 Å². The Bertz CT molecular complexity index is 102. The van der Waals surface area contributed by atoms with Crippen LogP contribution in [0.4, 0.5) is 0 Å². The molecule has 0 aliphatic carbocycles. The van der Waals surface area contributed by atoms with Crippen LogP contribution < -0.4 is 16.6 Å². The Hall–Kier alpha value is 0.290. The van der Waals surface area contributed by atoms with Gasteiger partial charge in [-0.1, -0.05) is 0 Å². The van der Waals surface area contributed by atoms with E-state index in [-0.39, 0.29) is 12.4 Å². The third-order valence-corrected chi connectivity index (χ3v) is 1.90. The molecule has 3 nitrogen and oxygen atoms in total. The van der Waals surface area contributed by atoms with Gasteiger partial charge in [0.2, 0.25) is 0 Å². The predicted octanol–water partition coefficient (Wildman–Crippen LogP) is 0.499. The van der Waals surface area contributed by atoms with E-state index in [1.54, 1.807) is 0 Å². The first-order chi connectivity index (χ1) is 4.81. The van der Waals surface area contributed by atoms with Crippen LogP contribution in [0.1, 0.15) is 6.42 Å². The first-order valence-corrected chi connectivity index (χ1v) is 4.85. The van der Waals surface area contributed by atoms with Crippen molar-refractivity contribution in [3.05, 3.63) is 0 Å². The molecule has 0 saturated heterocycles. The largest absolute Gasteiger partial charge is 0.362 e. The molecule has 4 N–H and O–H groups in total. The number of rotatable bonds is 4. The molecule has 11 heavy (non-hydrogen) atoms. The van der Waals surface area contributed by atoms with Crippen LogP contribution in [0, 0.1) is 0 Å². The number of hydrogen-bond donors (Lipinski definition) is 3. The molecule has 0 unspecified atom stereocenters. The number of thiocarbonyl (C=S) groups is 1. The van der Waals surface area contributed by atoms with E-state index in [1.165, 1.54) is 0 Å². The van der Waals surface area contributed by atoms with Gasteiger partial charge < -0.3 is 10.7 Å². The van der Waals surface area contributed by atoms with Crippen molar-refractivity contribution in [2.24, 2.45) is 5.84 Å². The highest BCUT2D eigenvalue weighted by Crippen LogP contribution is 1.92. The van der Waals surface area contributed by atoms with Gasteiger partial charge in [0.1, 0.15) is 0 Å². The molecular formula is C5H14ClN3S2. The van der Waals surface area contributed by atoms with Crippen molar-refractivity contribution in [3.8, 4) is 0 Å². The van der Waals surface area contributed by atoms with Crippen molar-refractivity contribution in [1.82, 2.24) is 10.7 Å². The Morgan fingerprint density at radius 2 is 2.27 bits per heavy atom. The molecule has 0 aromatic heterocycles. The topological polar surface area (TPSA) is 50.1 Å². The lowest BCUT2D eigenvalue weighted by Crippen LogP contribution is -2.40. The lowest BCUT2D eigenvalue weighted by atomic mass is 10.5. The van der Waals surface area contributed by atoms with E-state index in [0.717, 1.165) is 18.7 Å². The fourth-order valence-corrected chi connectivity index (χ4v) is 1.00. The van der Waals surface area contributed by atoms with Crippen molar-refractivity contribution in [3.63, 3.8) is 0 Å². The molecule has 6 heteroatoms. The van der Waals surface area contributed by atoms with Gasteiger partial charge in [-0.2, -0.15) is 11.8 Å². The molecule has 68 valence electrons. The Labute approximate surface area is 83.2 Å². The molecule has 0 saturated carbocycles. The van der Waals surface area contributed by atoms with Crippen molar-refractivity contribution >= 4 is 41.5 Å². The maximum atomic E-state index is 5.03. The highest BCUT2D eigenvalue weighted by Gasteiger charge is 1.88. The molecule has 0 fully saturated rings. The lowest BCUT2D eigenvalue weighted by Gasteiger charge is -2.04. The van der Waals surface area contributed by atoms with Crippen molar-refractivity contribution in [2.75, 3.05) is 18.6 Å². The summed E-state index contributed by atoms with van der Waals surface area (Å²) in [4.78, 5) is 0. The number of halogens is 1. The fourth-order valence-electron chi connectivity index (χ4n) is 0.469. The van der Waals surface area contributed by atoms with Gasteiger partial charge in [0.15, 0.2) is 5.11 Å². The van der Waals surface area contributed by atoms with Crippen molar-refractivity contribution in [2.45, 2.75) is 6.42 Å². The highest BCUT2D eigenvalue weighted by atomic mass is 35.5. The zero-order valence-corrected chi connectivity index (χ0v) is 8.87. The van der Waals surface area contributed by atoms with Gasteiger partial charge in [-0.25, -0.2) is 5.84 Å². The summed E-state index contributed by atoms with van der Waals surface area (Å²) in [6.45, 7) is 0.893. The van der Waals surface area contributed by atoms with Crippen LogP contribution in [0.3, 0.4) is 0 Å². The molecule has 0 rings (SSSR count). The summed E-state index contributed by atoms with van der Waals surface area (Å²) in [6.07, 6.45) is 3.20. The van der Waals surface area contributed by atoms with E-state index in [1.807, 2.05) is 11.8 Å². The van der Waals surface area contributed by atoms with Gasteiger partial charge in [-0.05, 0) is 30.6 Å². The van der Waals surface area contributed by atoms with Gasteiger partial charge in [-0.15, -0.1) is 12.4 Å². The van der Waals surface area contributed by atoms with Crippen LogP contribution in [0.2, 0.25) is 0 Å². The fraction of sp³-hybridized carbons (Fsp3) is 0.800. The number of hydrazine groups is 1. The first-order valence-electron chi connectivity index (χ1n) is 3.04. The standard InChI is InChI=1S/C5H13N3S2.ClH/c1-10-4-2-3-7-5(9)8-6;/h2-4,6H2,1H3,(H2,7,8,9);1H. The average molecular weight is 216 g/mol. The van der Waals surface area contributed by atoms with E-state index in [2.05, 4.69) is 17.0 Å². The summed E-state index contributed by atoms with van der Waals surface area (Å²) in [5.74, 6) is 6.18. The van der Waals surface area contributed by atoms with E-state index in [0.29, 0.717) is 5.11 Å². The van der Waals surface area contributed by atoms with Gasteiger partial charge >= 0.3 is 0 Å². The van der Waals surface area contributed by atoms with Crippen LogP contribution >= 0.6 is 36.4 Å². The number of hydrogen-bond acceptors (Lipinski definition) is 3. The summed E-state index contributed by atoms with van der Waals surface area (Å²) in [5, 5.41) is 3.46. The van der Waals surface area contributed by atoms with Crippen molar-refractivity contribution < 1.29 is 0 Å². The number of thioether (sulfide) groups is 1. The third-order valence-electron chi connectivity index (χ3n) is 0.942. The van der Waals surface area contributed by atoms with Crippen LogP contribution in [0.25, 0.3) is 0 Å². The predicted molar refractivity (Wildman–Crippen MR) is 58.2 cm³/mol. The summed E-state index contributed by atoms with van der Waals surface area (Å²) in [5.41, 5.74) is 2.36. The Kier molecular flexibility index (Phi) is 13.0. The SMILES string of the molecule is CSCCCNC(=S)NN.Cl. The second-order valence-corrected chi connectivity index (χ2v) is 3.14. The van der Waals surface area contributed by atoms with Crippen LogP contribution in [-0.2, 0) is 0 Å². The summed E-state index contributed by atoms with van der Waals surface area (Å²) < 4.78 is 0. The minimum absolute atomic E-state index is 0. The molecule has 0 aromatic carbocycles. The molecule has 0 atom stereocenters. The lowest BCUT2D eigenvalue weighted by molar-refractivity contribution is 0.822. The minimum atomic E-state index is 0. The quantitative estimate of drug-likeness (QED) is 0.276. The molecule has 0 heterocycles. The van der Waals surface area contributed by atoms with Crippen molar-refractivity contribution in [1.29, 1.82) is 0 Å². The summed E-state index contributed by atoms with van der Waals surface area (Å²) in [7, 11) is 0. The summed E-state index contributed by atoms with van der Waals surface area (Å²) >= 11 is 6.58. The minimum Gasteiger partial charge on any atom is -0.362 e. The summed E-state index contributed by atoms with van der Waals surface area (Å²) in [6, 6.07) is 0. The molecule has 0 amide bonds. The Morgan fingerprint density at radius 3 is 2.73 bits per heavy atom. The monoisotopic (exact) mass is 215 g/mol. The zero-order chi connectivity index (χ0) is 7.82. The highest BCUT2D eigenvalue weighted by molar-refractivity contribution is 7.98. The Balaban J connectivity index is 0. The molecule has 0 bridgehead atoms. The number of nitrogens with two attached hydrogens (primary N) is 1. The second kappa shape index (κ2) is 10.3. The van der Waals surface area contributed by atoms with E-state index in [4.69, 9.17) is 18.1 Å². The van der Waals surface area contributed by atoms with Crippen LogP contribution in [0.15, 0.2) is 0 Å². The Morgan fingerprint density at radius 1 is 1.64 bits per heavy atom. The maximum Gasteiger partial charge on any atom is 0.180 e. The average Bonchev–Trinajstić information content (AvgIpc) is 1.98. The van der Waals surface area contributed by atoms with E-state index < -0.39 is 0 Å². The zero-order valence-electron chi connectivity index (χ0n) is 6.42.